The molecule has 0 aliphatic carbocycles. The third-order valence-corrected chi connectivity index (χ3v) is 6.12. The molecule has 0 spiro atoms. The topological polar surface area (TPSA) is 89.8 Å². The molecule has 0 fully saturated rings. The molecule has 0 bridgehead atoms. The Morgan fingerprint density at radius 1 is 0.774 bits per heavy atom. The maximum Gasteiger partial charge on any atom is 1.00 e. The number of hydrogen-bond donors (Lipinski definition) is 1. The van der Waals surface area contributed by atoms with Crippen LogP contribution in [-0.2, 0) is 10.1 Å². The molecule has 31 heavy (non-hydrogen) atoms. The Balaban J connectivity index is 0. The van der Waals surface area contributed by atoms with E-state index in [0.717, 1.165) is 12.8 Å². The molecule has 0 radical (unpaired) electrons. The molecule has 0 aliphatic heterocycles. The van der Waals surface area contributed by atoms with E-state index in [2.05, 4.69) is 11.9 Å². The molecule has 0 amide bonds. The molecule has 0 aliphatic rings. The minimum Gasteiger partial charge on any atom is -0.859 e. The van der Waals surface area contributed by atoms with E-state index in [1.54, 1.807) is 0 Å². The van der Waals surface area contributed by atoms with Crippen LogP contribution in [0.2, 0.25) is 0 Å². The van der Waals surface area contributed by atoms with Crippen LogP contribution >= 0.6 is 0 Å². The fourth-order valence-corrected chi connectivity index (χ4v) is 4.02. The van der Waals surface area contributed by atoms with Crippen LogP contribution in [0.15, 0.2) is 17.1 Å². The molecule has 1 N–H and O–H groups in total. The maximum atomic E-state index is 11.5. The van der Waals surface area contributed by atoms with Crippen molar-refractivity contribution in [3.63, 3.8) is 0 Å². The quantitative estimate of drug-likeness (QED) is 0.0841. The summed E-state index contributed by atoms with van der Waals surface area (Å²) in [5, 5.41) is 11.5. The molecule has 0 saturated carbocycles. The standard InChI is InChI=1S/C24H47NO4S.K/c1-2-3-4-5-6-7-8-9-10-11-12-13-14-15-16-17-18-21-24(26)25-22-19-20-23-30(27,28)29;/h18,21H,2-17,19-20,22-23H2,1H3,(H,25,26)(H,27,28,29);/q;+1/p-1/b21-18+;. The second-order valence-electron chi connectivity index (χ2n) is 8.35. The average molecular weight is 484 g/mol. The van der Waals surface area contributed by atoms with Gasteiger partial charge in [-0.1, -0.05) is 109 Å². The summed E-state index contributed by atoms with van der Waals surface area (Å²) in [5.41, 5.74) is 0. The Labute approximate surface area is 235 Å². The number of unbranched alkanes of at least 4 members (excludes halogenated alkanes) is 16. The van der Waals surface area contributed by atoms with Crippen LogP contribution in [0.1, 0.15) is 122 Å². The Hall–Kier alpha value is 0.756. The summed E-state index contributed by atoms with van der Waals surface area (Å²) in [6.07, 6.45) is 25.3. The third kappa shape index (κ3) is 30.8. The minimum atomic E-state index is -3.90. The van der Waals surface area contributed by atoms with Crippen molar-refractivity contribution in [1.82, 2.24) is 0 Å². The fourth-order valence-electron chi connectivity index (χ4n) is 3.46. The zero-order valence-electron chi connectivity index (χ0n) is 20.3. The van der Waals surface area contributed by atoms with Crippen molar-refractivity contribution in [2.45, 2.75) is 122 Å². The summed E-state index contributed by atoms with van der Waals surface area (Å²) < 4.78 is 29.7. The first kappa shape index (κ1) is 33.9. The van der Waals surface area contributed by atoms with Gasteiger partial charge in [0.05, 0.1) is 5.75 Å². The van der Waals surface area contributed by atoms with E-state index in [1.165, 1.54) is 96.0 Å². The van der Waals surface area contributed by atoms with Crippen LogP contribution in [0.3, 0.4) is 0 Å². The van der Waals surface area contributed by atoms with E-state index in [0.29, 0.717) is 19.4 Å². The molecular formula is C24H46KNO4S. The predicted octanol–water partition coefficient (Wildman–Crippen LogP) is 3.23. The fraction of sp³-hybridized carbons (Fsp3) is 0.875. The van der Waals surface area contributed by atoms with E-state index in [4.69, 9.17) is 4.55 Å². The van der Waals surface area contributed by atoms with Crippen LogP contribution in [0, 0.1) is 0 Å². The molecule has 0 atom stereocenters. The van der Waals surface area contributed by atoms with Gasteiger partial charge in [0.1, 0.15) is 0 Å². The molecule has 0 aromatic heterocycles. The summed E-state index contributed by atoms with van der Waals surface area (Å²) in [4.78, 5) is 3.85. The first-order chi connectivity index (χ1) is 14.5. The maximum absolute atomic E-state index is 11.5. The van der Waals surface area contributed by atoms with Crippen LogP contribution in [0.25, 0.3) is 0 Å². The van der Waals surface area contributed by atoms with Crippen molar-refractivity contribution >= 4 is 16.0 Å². The van der Waals surface area contributed by atoms with Crippen molar-refractivity contribution in [3.05, 3.63) is 12.2 Å². The number of rotatable bonds is 22. The molecule has 7 heteroatoms. The summed E-state index contributed by atoms with van der Waals surface area (Å²) in [6, 6.07) is 0. The van der Waals surface area contributed by atoms with Crippen LogP contribution in [-0.4, -0.2) is 31.2 Å². The molecule has 5 nitrogen and oxygen atoms in total. The van der Waals surface area contributed by atoms with Gasteiger partial charge >= 0.3 is 51.4 Å². The SMILES string of the molecule is CCCCCCCCCCCCCCCCC/C=C/C([O-])=NCCCCS(=O)(=O)O.[K+]. The molecule has 178 valence electrons. The van der Waals surface area contributed by atoms with Crippen molar-refractivity contribution < 1.29 is 69.5 Å². The summed E-state index contributed by atoms with van der Waals surface area (Å²) in [6.45, 7) is 2.57. The summed E-state index contributed by atoms with van der Waals surface area (Å²) in [5.74, 6) is -0.533. The second-order valence-corrected chi connectivity index (χ2v) is 9.93. The minimum absolute atomic E-state index is 0. The third-order valence-electron chi connectivity index (χ3n) is 5.31. The van der Waals surface area contributed by atoms with Gasteiger partial charge < -0.3 is 10.1 Å². The van der Waals surface area contributed by atoms with E-state index in [9.17, 15) is 13.5 Å². The van der Waals surface area contributed by atoms with E-state index < -0.39 is 10.1 Å². The van der Waals surface area contributed by atoms with Gasteiger partial charge in [-0.25, -0.2) is 0 Å². The largest absolute Gasteiger partial charge is 1.00 e. The van der Waals surface area contributed by atoms with Gasteiger partial charge in [0.25, 0.3) is 10.1 Å². The first-order valence-corrected chi connectivity index (χ1v) is 13.9. The van der Waals surface area contributed by atoms with Crippen molar-refractivity contribution in [3.8, 4) is 0 Å². The normalized spacial score (nSPS) is 12.4. The number of allylic oxidation sites excluding steroid dienone is 1. The van der Waals surface area contributed by atoms with Crippen molar-refractivity contribution in [2.24, 2.45) is 4.99 Å². The molecule has 0 rings (SSSR count). The second kappa shape index (κ2) is 25.4. The Morgan fingerprint density at radius 2 is 1.23 bits per heavy atom. The van der Waals surface area contributed by atoms with Gasteiger partial charge in [-0.15, -0.1) is 0 Å². The average Bonchev–Trinajstić information content (AvgIpc) is 2.69. The smallest absolute Gasteiger partial charge is 0.859 e. The van der Waals surface area contributed by atoms with Gasteiger partial charge in [0, 0.05) is 6.54 Å². The molecule has 0 saturated heterocycles. The molecular weight excluding hydrogens is 437 g/mol. The number of hydrogen-bond acceptors (Lipinski definition) is 4. The Kier molecular flexibility index (Phi) is 27.8. The Morgan fingerprint density at radius 3 is 1.68 bits per heavy atom. The van der Waals surface area contributed by atoms with Gasteiger partial charge in [-0.3, -0.25) is 4.55 Å². The monoisotopic (exact) mass is 483 g/mol. The molecule has 0 aromatic carbocycles. The molecule has 0 unspecified atom stereocenters. The summed E-state index contributed by atoms with van der Waals surface area (Å²) >= 11 is 0. The Bertz CT molecular complexity index is 536. The molecule has 0 heterocycles. The summed E-state index contributed by atoms with van der Waals surface area (Å²) in [7, 11) is -3.90. The van der Waals surface area contributed by atoms with Crippen LogP contribution in [0.5, 0.6) is 0 Å². The van der Waals surface area contributed by atoms with Crippen LogP contribution < -0.4 is 56.5 Å². The van der Waals surface area contributed by atoms with E-state index >= 15 is 0 Å². The zero-order valence-corrected chi connectivity index (χ0v) is 24.3. The van der Waals surface area contributed by atoms with E-state index in [-0.39, 0.29) is 63.0 Å². The zero-order chi connectivity index (χ0) is 22.3. The number of aliphatic imine (C=N–C) groups is 1. The van der Waals surface area contributed by atoms with E-state index in [1.807, 2.05) is 6.08 Å². The van der Waals surface area contributed by atoms with Gasteiger partial charge in [-0.2, -0.15) is 8.42 Å². The van der Waals surface area contributed by atoms with Gasteiger partial charge in [0.15, 0.2) is 0 Å². The molecule has 0 aromatic rings. The number of nitrogens with zero attached hydrogens (tertiary/aromatic N) is 1. The van der Waals surface area contributed by atoms with Gasteiger partial charge in [-0.05, 0) is 31.6 Å². The van der Waals surface area contributed by atoms with Gasteiger partial charge in [0.2, 0.25) is 0 Å². The van der Waals surface area contributed by atoms with Crippen molar-refractivity contribution in [2.75, 3.05) is 12.3 Å². The van der Waals surface area contributed by atoms with Crippen LogP contribution in [0.4, 0.5) is 0 Å². The predicted molar refractivity (Wildman–Crippen MR) is 127 cm³/mol. The van der Waals surface area contributed by atoms with Crippen molar-refractivity contribution in [1.29, 1.82) is 0 Å². The first-order valence-electron chi connectivity index (χ1n) is 12.3.